The van der Waals surface area contributed by atoms with E-state index in [0.717, 1.165) is 11.3 Å². The fraction of sp³-hybridized carbons (Fsp3) is 0.235. The standard InChI is InChI=1S/C17H18N2OS2/c1-21-13-7-3-11(4-8-13)16-15(18)17(20)19(16)12-5-9-14(22-2)10-6-12/h3-10,15-16H,18H2,1-2H3/t15-,16-/m1/s1. The third-order valence-electron chi connectivity index (χ3n) is 3.95. The first-order chi connectivity index (χ1) is 10.7. The van der Waals surface area contributed by atoms with E-state index in [4.69, 9.17) is 5.73 Å². The molecule has 0 bridgehead atoms. The van der Waals surface area contributed by atoms with Crippen molar-refractivity contribution in [3.8, 4) is 0 Å². The van der Waals surface area contributed by atoms with Gasteiger partial charge < -0.3 is 10.6 Å². The van der Waals surface area contributed by atoms with Gasteiger partial charge in [0.1, 0.15) is 6.04 Å². The van der Waals surface area contributed by atoms with Crippen LogP contribution in [0.1, 0.15) is 11.6 Å². The van der Waals surface area contributed by atoms with Crippen molar-refractivity contribution in [3.05, 3.63) is 54.1 Å². The molecule has 22 heavy (non-hydrogen) atoms. The van der Waals surface area contributed by atoms with Crippen molar-refractivity contribution in [2.75, 3.05) is 17.4 Å². The molecule has 1 aliphatic rings. The molecular formula is C17H18N2OS2. The first-order valence-corrected chi connectivity index (χ1v) is 9.47. The van der Waals surface area contributed by atoms with E-state index >= 15 is 0 Å². The number of β-lactam (4-membered cyclic amide) rings is 1. The summed E-state index contributed by atoms with van der Waals surface area (Å²) in [4.78, 5) is 16.4. The minimum atomic E-state index is -0.458. The average molecular weight is 330 g/mol. The molecule has 1 heterocycles. The monoisotopic (exact) mass is 330 g/mol. The minimum Gasteiger partial charge on any atom is -0.318 e. The topological polar surface area (TPSA) is 46.3 Å². The Bertz CT molecular complexity index is 670. The molecule has 1 aliphatic heterocycles. The van der Waals surface area contributed by atoms with Crippen LogP contribution in [0.25, 0.3) is 0 Å². The van der Waals surface area contributed by atoms with Crippen LogP contribution in [0, 0.1) is 0 Å². The lowest BCUT2D eigenvalue weighted by Crippen LogP contribution is -2.63. The summed E-state index contributed by atoms with van der Waals surface area (Å²) in [7, 11) is 0. The minimum absolute atomic E-state index is 0.0177. The van der Waals surface area contributed by atoms with Gasteiger partial charge in [-0.2, -0.15) is 0 Å². The Morgan fingerprint density at radius 2 is 1.41 bits per heavy atom. The zero-order valence-electron chi connectivity index (χ0n) is 12.5. The number of amides is 1. The van der Waals surface area contributed by atoms with Gasteiger partial charge in [-0.3, -0.25) is 4.79 Å². The lowest BCUT2D eigenvalue weighted by molar-refractivity contribution is -0.126. The van der Waals surface area contributed by atoms with Gasteiger partial charge in [0.05, 0.1) is 6.04 Å². The fourth-order valence-corrected chi connectivity index (χ4v) is 3.52. The quantitative estimate of drug-likeness (QED) is 0.688. The van der Waals surface area contributed by atoms with Gasteiger partial charge in [-0.15, -0.1) is 23.5 Å². The third kappa shape index (κ3) is 2.64. The summed E-state index contributed by atoms with van der Waals surface area (Å²) < 4.78 is 0. The maximum atomic E-state index is 12.2. The Labute approximate surface area is 139 Å². The van der Waals surface area contributed by atoms with Crippen LogP contribution in [0.2, 0.25) is 0 Å². The zero-order valence-corrected chi connectivity index (χ0v) is 14.2. The number of benzene rings is 2. The SMILES string of the molecule is CSc1ccc([C@@H]2[C@@H](N)C(=O)N2c2ccc(SC)cc2)cc1. The fourth-order valence-electron chi connectivity index (χ4n) is 2.70. The van der Waals surface area contributed by atoms with Crippen molar-refractivity contribution >= 4 is 35.1 Å². The van der Waals surface area contributed by atoms with E-state index in [2.05, 4.69) is 24.3 Å². The van der Waals surface area contributed by atoms with Crippen molar-refractivity contribution in [1.29, 1.82) is 0 Å². The Hall–Kier alpha value is -1.43. The average Bonchev–Trinajstić information content (AvgIpc) is 2.59. The van der Waals surface area contributed by atoms with Gasteiger partial charge in [-0.05, 0) is 54.5 Å². The highest BCUT2D eigenvalue weighted by molar-refractivity contribution is 7.98. The van der Waals surface area contributed by atoms with E-state index < -0.39 is 6.04 Å². The Balaban J connectivity index is 1.89. The van der Waals surface area contributed by atoms with Gasteiger partial charge in [0.25, 0.3) is 0 Å². The van der Waals surface area contributed by atoms with Crippen LogP contribution >= 0.6 is 23.5 Å². The molecule has 0 saturated carbocycles. The maximum absolute atomic E-state index is 12.2. The summed E-state index contributed by atoms with van der Waals surface area (Å²) in [6.07, 6.45) is 4.09. The molecule has 1 fully saturated rings. The van der Waals surface area contributed by atoms with Crippen molar-refractivity contribution in [3.63, 3.8) is 0 Å². The van der Waals surface area contributed by atoms with Crippen LogP contribution in [0.5, 0.6) is 0 Å². The second kappa shape index (κ2) is 6.36. The molecule has 5 heteroatoms. The van der Waals surface area contributed by atoms with Crippen LogP contribution in [-0.2, 0) is 4.79 Å². The Morgan fingerprint density at radius 1 is 0.909 bits per heavy atom. The molecule has 3 nitrogen and oxygen atoms in total. The first kappa shape index (κ1) is 15.5. The molecule has 2 atom stereocenters. The predicted octanol–water partition coefficient (Wildman–Crippen LogP) is 3.55. The number of nitrogens with zero attached hydrogens (tertiary/aromatic N) is 1. The van der Waals surface area contributed by atoms with E-state index in [9.17, 15) is 4.79 Å². The maximum Gasteiger partial charge on any atom is 0.247 e. The van der Waals surface area contributed by atoms with Crippen LogP contribution < -0.4 is 10.6 Å². The second-order valence-electron chi connectivity index (χ2n) is 5.15. The van der Waals surface area contributed by atoms with Crippen LogP contribution in [0.15, 0.2) is 58.3 Å². The van der Waals surface area contributed by atoms with Gasteiger partial charge >= 0.3 is 0 Å². The highest BCUT2D eigenvalue weighted by atomic mass is 32.2. The van der Waals surface area contributed by atoms with Crippen molar-refractivity contribution in [1.82, 2.24) is 0 Å². The number of rotatable bonds is 4. The molecule has 0 spiro atoms. The molecule has 0 aliphatic carbocycles. The second-order valence-corrected chi connectivity index (χ2v) is 6.91. The lowest BCUT2D eigenvalue weighted by Gasteiger charge is -2.45. The molecule has 1 saturated heterocycles. The van der Waals surface area contributed by atoms with Gasteiger partial charge in [-0.1, -0.05) is 12.1 Å². The number of thioether (sulfide) groups is 2. The molecule has 2 N–H and O–H groups in total. The summed E-state index contributed by atoms with van der Waals surface area (Å²) in [5, 5.41) is 0. The summed E-state index contributed by atoms with van der Waals surface area (Å²) in [5.74, 6) is -0.0177. The van der Waals surface area contributed by atoms with Crippen molar-refractivity contribution in [2.45, 2.75) is 21.9 Å². The molecule has 1 amide bonds. The highest BCUT2D eigenvalue weighted by Crippen LogP contribution is 2.39. The third-order valence-corrected chi connectivity index (χ3v) is 5.44. The largest absolute Gasteiger partial charge is 0.318 e. The number of carbonyl (C=O) groups is 1. The molecule has 2 aromatic carbocycles. The zero-order chi connectivity index (χ0) is 15.7. The smallest absolute Gasteiger partial charge is 0.247 e. The lowest BCUT2D eigenvalue weighted by atomic mass is 9.88. The van der Waals surface area contributed by atoms with Crippen molar-refractivity contribution < 1.29 is 4.79 Å². The van der Waals surface area contributed by atoms with Gasteiger partial charge in [0.2, 0.25) is 5.91 Å². The van der Waals surface area contributed by atoms with Crippen LogP contribution in [-0.4, -0.2) is 24.5 Å². The van der Waals surface area contributed by atoms with E-state index in [1.54, 1.807) is 28.4 Å². The molecule has 0 unspecified atom stereocenters. The number of nitrogens with two attached hydrogens (primary N) is 1. The summed E-state index contributed by atoms with van der Waals surface area (Å²) >= 11 is 3.39. The Morgan fingerprint density at radius 3 is 1.91 bits per heavy atom. The van der Waals surface area contributed by atoms with Crippen LogP contribution in [0.4, 0.5) is 5.69 Å². The van der Waals surface area contributed by atoms with Gasteiger partial charge in [0, 0.05) is 15.5 Å². The van der Waals surface area contributed by atoms with Crippen LogP contribution in [0.3, 0.4) is 0 Å². The first-order valence-electron chi connectivity index (χ1n) is 7.02. The normalized spacial score (nSPS) is 20.9. The summed E-state index contributed by atoms with van der Waals surface area (Å²) in [6, 6.07) is 15.8. The number of carbonyl (C=O) groups excluding carboxylic acids is 1. The molecule has 3 rings (SSSR count). The number of anilines is 1. The highest BCUT2D eigenvalue weighted by Gasteiger charge is 2.46. The summed E-state index contributed by atoms with van der Waals surface area (Å²) in [6.45, 7) is 0. The Kier molecular flexibility index (Phi) is 4.47. The molecule has 2 aromatic rings. The van der Waals surface area contributed by atoms with E-state index in [-0.39, 0.29) is 11.9 Å². The molecule has 114 valence electrons. The van der Waals surface area contributed by atoms with Gasteiger partial charge in [-0.25, -0.2) is 0 Å². The number of hydrogen-bond donors (Lipinski definition) is 1. The van der Waals surface area contributed by atoms with E-state index in [1.165, 1.54) is 9.79 Å². The summed E-state index contributed by atoms with van der Waals surface area (Å²) in [5.41, 5.74) is 8.04. The van der Waals surface area contributed by atoms with E-state index in [1.807, 2.05) is 36.8 Å². The molecular weight excluding hydrogens is 312 g/mol. The van der Waals surface area contributed by atoms with Gasteiger partial charge in [0.15, 0.2) is 0 Å². The van der Waals surface area contributed by atoms with E-state index in [0.29, 0.717) is 0 Å². The molecule has 0 radical (unpaired) electrons. The number of hydrogen-bond acceptors (Lipinski definition) is 4. The predicted molar refractivity (Wildman–Crippen MR) is 94.6 cm³/mol. The molecule has 0 aromatic heterocycles. The van der Waals surface area contributed by atoms with Crippen molar-refractivity contribution in [2.24, 2.45) is 5.73 Å².